The second-order valence-electron chi connectivity index (χ2n) is 5.63. The highest BCUT2D eigenvalue weighted by Gasteiger charge is 2.21. The molecule has 6 nitrogen and oxygen atoms in total. The molecule has 20 heavy (non-hydrogen) atoms. The third kappa shape index (κ3) is 3.47. The van der Waals surface area contributed by atoms with Crippen LogP contribution in [0, 0.1) is 5.41 Å². The van der Waals surface area contributed by atoms with Crippen LogP contribution in [0.5, 0.6) is 0 Å². The molecule has 0 unspecified atom stereocenters. The molecule has 0 atom stereocenters. The van der Waals surface area contributed by atoms with Gasteiger partial charge in [0.25, 0.3) is 0 Å². The molecular weight excluding hydrogens is 276 g/mol. The van der Waals surface area contributed by atoms with Crippen molar-refractivity contribution in [1.29, 1.82) is 0 Å². The van der Waals surface area contributed by atoms with E-state index in [4.69, 9.17) is 0 Å². The van der Waals surface area contributed by atoms with E-state index in [1.165, 1.54) is 10.7 Å². The van der Waals surface area contributed by atoms with Crippen LogP contribution in [-0.2, 0) is 10.0 Å². The molecule has 7 heteroatoms. The van der Waals surface area contributed by atoms with E-state index >= 15 is 0 Å². The van der Waals surface area contributed by atoms with E-state index in [9.17, 15) is 8.42 Å². The van der Waals surface area contributed by atoms with Crippen molar-refractivity contribution in [3.8, 4) is 0 Å². The third-order valence-corrected chi connectivity index (χ3v) is 4.82. The Morgan fingerprint density at radius 2 is 2.15 bits per heavy atom. The van der Waals surface area contributed by atoms with Gasteiger partial charge in [-0.1, -0.05) is 27.2 Å². The van der Waals surface area contributed by atoms with Gasteiger partial charge in [0, 0.05) is 12.4 Å². The number of hydrogen-bond donors (Lipinski definition) is 1. The summed E-state index contributed by atoms with van der Waals surface area (Å²) in [4.78, 5) is 4.12. The van der Waals surface area contributed by atoms with Crippen molar-refractivity contribution < 1.29 is 8.42 Å². The van der Waals surface area contributed by atoms with E-state index in [1.54, 1.807) is 18.5 Å². The number of rotatable bonds is 6. The molecule has 110 valence electrons. The Morgan fingerprint density at radius 1 is 1.40 bits per heavy atom. The molecule has 0 spiro atoms. The fourth-order valence-electron chi connectivity index (χ4n) is 1.71. The van der Waals surface area contributed by atoms with Gasteiger partial charge in [-0.3, -0.25) is 4.72 Å². The Balaban J connectivity index is 2.12. The van der Waals surface area contributed by atoms with Gasteiger partial charge in [-0.15, -0.1) is 0 Å². The predicted octanol–water partition coefficient (Wildman–Crippen LogP) is 2.30. The maximum absolute atomic E-state index is 12.1. The molecule has 0 aromatic carbocycles. The minimum absolute atomic E-state index is 0.0219. The second kappa shape index (κ2) is 5.40. The first-order valence-electron chi connectivity index (χ1n) is 6.62. The molecule has 0 amide bonds. The van der Waals surface area contributed by atoms with Crippen molar-refractivity contribution in [2.24, 2.45) is 5.41 Å². The van der Waals surface area contributed by atoms with Crippen LogP contribution in [0.3, 0.4) is 0 Å². The van der Waals surface area contributed by atoms with E-state index in [2.05, 4.69) is 35.6 Å². The molecular formula is C13H20N4O2S. The van der Waals surface area contributed by atoms with Crippen molar-refractivity contribution in [2.75, 3.05) is 10.5 Å². The standard InChI is InChI=1S/C13H20N4O2S/c1-4-13(2,3)6-9-20(18,19)16-11-10-15-17-8-5-7-14-12(11)17/h5,7-8,10,16H,4,6,9H2,1-3H3. The van der Waals surface area contributed by atoms with Crippen LogP contribution in [0.1, 0.15) is 33.6 Å². The van der Waals surface area contributed by atoms with Crippen LogP contribution in [0.2, 0.25) is 0 Å². The van der Waals surface area contributed by atoms with Crippen molar-refractivity contribution in [3.05, 3.63) is 24.7 Å². The average molecular weight is 296 g/mol. The van der Waals surface area contributed by atoms with Gasteiger partial charge in [0.2, 0.25) is 10.0 Å². The molecule has 0 aliphatic rings. The van der Waals surface area contributed by atoms with Gasteiger partial charge in [-0.05, 0) is 17.9 Å². The van der Waals surface area contributed by atoms with Crippen LogP contribution in [0.25, 0.3) is 5.65 Å². The highest BCUT2D eigenvalue weighted by Crippen LogP contribution is 2.25. The lowest BCUT2D eigenvalue weighted by Gasteiger charge is -2.22. The number of anilines is 1. The Labute approximate surface area is 119 Å². The number of nitrogens with zero attached hydrogens (tertiary/aromatic N) is 3. The van der Waals surface area contributed by atoms with Crippen molar-refractivity contribution >= 4 is 21.4 Å². The maximum Gasteiger partial charge on any atom is 0.232 e. The molecule has 0 aliphatic carbocycles. The summed E-state index contributed by atoms with van der Waals surface area (Å²) in [7, 11) is -3.38. The van der Waals surface area contributed by atoms with E-state index < -0.39 is 10.0 Å². The second-order valence-corrected chi connectivity index (χ2v) is 7.48. The Bertz CT molecular complexity index is 691. The van der Waals surface area contributed by atoms with Crippen LogP contribution in [0.15, 0.2) is 24.7 Å². The number of nitrogens with one attached hydrogen (secondary N) is 1. The molecule has 0 bridgehead atoms. The molecule has 1 N–H and O–H groups in total. The highest BCUT2D eigenvalue weighted by atomic mass is 32.2. The first-order chi connectivity index (χ1) is 9.33. The summed E-state index contributed by atoms with van der Waals surface area (Å²) in [6.07, 6.45) is 6.37. The quantitative estimate of drug-likeness (QED) is 0.887. The minimum Gasteiger partial charge on any atom is -0.278 e. The van der Waals surface area contributed by atoms with E-state index in [0.717, 1.165) is 6.42 Å². The zero-order chi connectivity index (χ0) is 14.8. The first-order valence-corrected chi connectivity index (χ1v) is 8.27. The lowest BCUT2D eigenvalue weighted by Crippen LogP contribution is -2.22. The van der Waals surface area contributed by atoms with Crippen molar-refractivity contribution in [3.63, 3.8) is 0 Å². The van der Waals surface area contributed by atoms with Gasteiger partial charge in [0.05, 0.1) is 11.9 Å². The molecule has 0 radical (unpaired) electrons. The SMILES string of the molecule is CCC(C)(C)CCS(=O)(=O)Nc1cnn2cccnc12. The van der Waals surface area contributed by atoms with Crippen LogP contribution >= 0.6 is 0 Å². The summed E-state index contributed by atoms with van der Waals surface area (Å²) in [6.45, 7) is 6.20. The maximum atomic E-state index is 12.1. The number of fused-ring (bicyclic) bond motifs is 1. The number of hydrogen-bond acceptors (Lipinski definition) is 4. The molecule has 2 heterocycles. The monoisotopic (exact) mass is 296 g/mol. The zero-order valence-corrected chi connectivity index (χ0v) is 12.8. The summed E-state index contributed by atoms with van der Waals surface area (Å²) in [5, 5.41) is 4.06. The third-order valence-electron chi connectivity index (χ3n) is 3.55. The van der Waals surface area contributed by atoms with E-state index in [1.807, 2.05) is 0 Å². The normalized spacial score (nSPS) is 12.8. The summed E-state index contributed by atoms with van der Waals surface area (Å²) >= 11 is 0. The number of sulfonamides is 1. The number of aromatic nitrogens is 3. The molecule has 0 saturated carbocycles. The van der Waals surface area contributed by atoms with Crippen LogP contribution in [0.4, 0.5) is 5.69 Å². The lowest BCUT2D eigenvalue weighted by atomic mass is 9.87. The predicted molar refractivity (Wildman–Crippen MR) is 79.1 cm³/mol. The molecule has 2 aromatic heterocycles. The molecule has 0 aliphatic heterocycles. The summed E-state index contributed by atoms with van der Waals surface area (Å²) < 4.78 is 28.4. The highest BCUT2D eigenvalue weighted by molar-refractivity contribution is 7.92. The Morgan fingerprint density at radius 3 is 2.85 bits per heavy atom. The van der Waals surface area contributed by atoms with Gasteiger partial charge < -0.3 is 0 Å². The van der Waals surface area contributed by atoms with Gasteiger partial charge in [-0.25, -0.2) is 17.9 Å². The Kier molecular flexibility index (Phi) is 3.99. The van der Waals surface area contributed by atoms with Gasteiger partial charge >= 0.3 is 0 Å². The lowest BCUT2D eigenvalue weighted by molar-refractivity contribution is 0.338. The van der Waals surface area contributed by atoms with Crippen LogP contribution < -0.4 is 4.72 Å². The van der Waals surface area contributed by atoms with Crippen molar-refractivity contribution in [2.45, 2.75) is 33.6 Å². The van der Waals surface area contributed by atoms with Crippen molar-refractivity contribution in [1.82, 2.24) is 14.6 Å². The smallest absolute Gasteiger partial charge is 0.232 e. The minimum atomic E-state index is -3.38. The summed E-state index contributed by atoms with van der Waals surface area (Å²) in [5.41, 5.74) is 0.944. The van der Waals surface area contributed by atoms with Gasteiger partial charge in [-0.2, -0.15) is 5.10 Å². The molecule has 2 rings (SSSR count). The first kappa shape index (κ1) is 14.8. The summed E-state index contributed by atoms with van der Waals surface area (Å²) in [5.74, 6) is 0.0953. The Hall–Kier alpha value is -1.63. The molecule has 0 saturated heterocycles. The fourth-order valence-corrected chi connectivity index (χ4v) is 3.11. The van der Waals surface area contributed by atoms with Gasteiger partial charge in [0.15, 0.2) is 5.65 Å². The van der Waals surface area contributed by atoms with E-state index in [0.29, 0.717) is 17.8 Å². The summed E-state index contributed by atoms with van der Waals surface area (Å²) in [6, 6.07) is 1.74. The van der Waals surface area contributed by atoms with E-state index in [-0.39, 0.29) is 11.2 Å². The largest absolute Gasteiger partial charge is 0.278 e. The average Bonchev–Trinajstić information content (AvgIpc) is 2.80. The molecule has 0 fully saturated rings. The zero-order valence-electron chi connectivity index (χ0n) is 12.0. The fraction of sp³-hybridized carbons (Fsp3) is 0.538. The topological polar surface area (TPSA) is 76.4 Å². The molecule has 2 aromatic rings. The van der Waals surface area contributed by atoms with Gasteiger partial charge in [0.1, 0.15) is 5.69 Å². The van der Waals surface area contributed by atoms with Crippen LogP contribution in [-0.4, -0.2) is 28.8 Å².